The SMILES string of the molecule is CCC1(C(NC)c2ccc(CCOC)cc2)CCCC1. The van der Waals surface area contributed by atoms with Crippen LogP contribution in [0, 0.1) is 5.41 Å². The third-order valence-electron chi connectivity index (χ3n) is 5.11. The van der Waals surface area contributed by atoms with Crippen molar-refractivity contribution in [1.29, 1.82) is 0 Å². The number of ether oxygens (including phenoxy) is 1. The second kappa shape index (κ2) is 7.24. The third kappa shape index (κ3) is 3.24. The second-order valence-corrected chi connectivity index (χ2v) is 6.13. The maximum absolute atomic E-state index is 5.15. The number of benzene rings is 1. The summed E-state index contributed by atoms with van der Waals surface area (Å²) in [6.45, 7) is 3.15. The van der Waals surface area contributed by atoms with Gasteiger partial charge >= 0.3 is 0 Å². The molecule has 0 heterocycles. The molecule has 2 nitrogen and oxygen atoms in total. The van der Waals surface area contributed by atoms with Crippen LogP contribution in [0.5, 0.6) is 0 Å². The summed E-state index contributed by atoms with van der Waals surface area (Å²) in [4.78, 5) is 0. The molecule has 0 aliphatic heterocycles. The van der Waals surface area contributed by atoms with Crippen LogP contribution in [0.1, 0.15) is 56.2 Å². The van der Waals surface area contributed by atoms with Gasteiger partial charge in [0.25, 0.3) is 0 Å². The van der Waals surface area contributed by atoms with E-state index in [0.717, 1.165) is 13.0 Å². The highest BCUT2D eigenvalue weighted by Gasteiger charge is 2.39. The Bertz CT molecular complexity index is 392. The molecule has 2 heteroatoms. The Hall–Kier alpha value is -0.860. The highest BCUT2D eigenvalue weighted by molar-refractivity contribution is 5.27. The van der Waals surface area contributed by atoms with Crippen molar-refractivity contribution in [2.75, 3.05) is 20.8 Å². The van der Waals surface area contributed by atoms with Crippen LogP contribution in [0.15, 0.2) is 24.3 Å². The summed E-state index contributed by atoms with van der Waals surface area (Å²) in [7, 11) is 3.87. The first-order valence-electron chi connectivity index (χ1n) is 8.01. The van der Waals surface area contributed by atoms with Crippen LogP contribution in [0.3, 0.4) is 0 Å². The van der Waals surface area contributed by atoms with Gasteiger partial charge in [0.2, 0.25) is 0 Å². The fourth-order valence-electron chi connectivity index (χ4n) is 3.85. The maximum atomic E-state index is 5.15. The van der Waals surface area contributed by atoms with Crippen LogP contribution in [-0.2, 0) is 11.2 Å². The Morgan fingerprint density at radius 1 is 1.20 bits per heavy atom. The summed E-state index contributed by atoms with van der Waals surface area (Å²) < 4.78 is 5.15. The predicted octanol–water partition coefficient (Wildman–Crippen LogP) is 4.11. The average Bonchev–Trinajstić information content (AvgIpc) is 2.97. The van der Waals surface area contributed by atoms with Crippen LogP contribution in [0.4, 0.5) is 0 Å². The highest BCUT2D eigenvalue weighted by atomic mass is 16.5. The molecule has 0 amide bonds. The summed E-state index contributed by atoms with van der Waals surface area (Å²) >= 11 is 0. The average molecular weight is 275 g/mol. The van der Waals surface area contributed by atoms with E-state index in [9.17, 15) is 0 Å². The van der Waals surface area contributed by atoms with Crippen molar-refractivity contribution in [3.63, 3.8) is 0 Å². The largest absolute Gasteiger partial charge is 0.384 e. The molecule has 1 aliphatic carbocycles. The predicted molar refractivity (Wildman–Crippen MR) is 85.0 cm³/mol. The molecule has 2 rings (SSSR count). The van der Waals surface area contributed by atoms with E-state index in [2.05, 4.69) is 43.6 Å². The van der Waals surface area contributed by atoms with Crippen molar-refractivity contribution < 1.29 is 4.74 Å². The Labute approximate surface area is 123 Å². The summed E-state index contributed by atoms with van der Waals surface area (Å²) in [6.07, 6.45) is 7.76. The molecule has 0 spiro atoms. The molecule has 1 fully saturated rings. The topological polar surface area (TPSA) is 21.3 Å². The van der Waals surface area contributed by atoms with Gasteiger partial charge in [-0.05, 0) is 49.3 Å². The third-order valence-corrected chi connectivity index (χ3v) is 5.11. The number of methoxy groups -OCH3 is 1. The lowest BCUT2D eigenvalue weighted by atomic mass is 9.73. The molecule has 20 heavy (non-hydrogen) atoms. The van der Waals surface area contributed by atoms with E-state index in [1.807, 2.05) is 0 Å². The molecular weight excluding hydrogens is 246 g/mol. The van der Waals surface area contributed by atoms with Gasteiger partial charge in [-0.3, -0.25) is 0 Å². The zero-order valence-corrected chi connectivity index (χ0v) is 13.2. The van der Waals surface area contributed by atoms with Gasteiger partial charge in [0.05, 0.1) is 6.61 Å². The standard InChI is InChI=1S/C18H29NO/c1-4-18(12-5-6-13-18)17(19-2)16-9-7-15(8-10-16)11-14-20-3/h7-10,17,19H,4-6,11-14H2,1-3H3. The van der Waals surface area contributed by atoms with Gasteiger partial charge in [0, 0.05) is 13.2 Å². The number of hydrogen-bond acceptors (Lipinski definition) is 2. The van der Waals surface area contributed by atoms with Gasteiger partial charge in [0.15, 0.2) is 0 Å². The Kier molecular flexibility index (Phi) is 5.62. The van der Waals surface area contributed by atoms with E-state index in [1.54, 1.807) is 7.11 Å². The van der Waals surface area contributed by atoms with Gasteiger partial charge in [0.1, 0.15) is 0 Å². The molecule has 1 atom stereocenters. The highest BCUT2D eigenvalue weighted by Crippen LogP contribution is 2.49. The smallest absolute Gasteiger partial charge is 0.0502 e. The number of rotatable bonds is 7. The normalized spacial score (nSPS) is 19.1. The molecule has 1 saturated carbocycles. The molecule has 1 unspecified atom stereocenters. The minimum atomic E-state index is 0.461. The first-order valence-corrected chi connectivity index (χ1v) is 8.01. The Balaban J connectivity index is 2.14. The Morgan fingerprint density at radius 3 is 2.35 bits per heavy atom. The van der Waals surface area contributed by atoms with E-state index in [0.29, 0.717) is 11.5 Å². The fraction of sp³-hybridized carbons (Fsp3) is 0.667. The lowest BCUT2D eigenvalue weighted by Gasteiger charge is -2.37. The molecule has 0 radical (unpaired) electrons. The van der Waals surface area contributed by atoms with Crippen LogP contribution < -0.4 is 5.32 Å². The Morgan fingerprint density at radius 2 is 1.85 bits per heavy atom. The van der Waals surface area contributed by atoms with Crippen LogP contribution in [-0.4, -0.2) is 20.8 Å². The van der Waals surface area contributed by atoms with Crippen molar-refractivity contribution in [2.24, 2.45) is 5.41 Å². The van der Waals surface area contributed by atoms with E-state index in [-0.39, 0.29) is 0 Å². The first kappa shape index (κ1) is 15.5. The maximum Gasteiger partial charge on any atom is 0.0502 e. The van der Waals surface area contributed by atoms with E-state index < -0.39 is 0 Å². The monoisotopic (exact) mass is 275 g/mol. The molecule has 112 valence electrons. The van der Waals surface area contributed by atoms with Crippen LogP contribution in [0.25, 0.3) is 0 Å². The van der Waals surface area contributed by atoms with Gasteiger partial charge < -0.3 is 10.1 Å². The van der Waals surface area contributed by atoms with Gasteiger partial charge in [-0.2, -0.15) is 0 Å². The van der Waals surface area contributed by atoms with Crippen LogP contribution >= 0.6 is 0 Å². The minimum Gasteiger partial charge on any atom is -0.384 e. The molecule has 1 N–H and O–H groups in total. The molecule has 1 aromatic carbocycles. The van der Waals surface area contributed by atoms with Crippen LogP contribution in [0.2, 0.25) is 0 Å². The summed E-state index contributed by atoms with van der Waals surface area (Å²) in [5.41, 5.74) is 3.27. The number of hydrogen-bond donors (Lipinski definition) is 1. The second-order valence-electron chi connectivity index (χ2n) is 6.13. The van der Waals surface area contributed by atoms with Gasteiger partial charge in [-0.1, -0.05) is 44.0 Å². The van der Waals surface area contributed by atoms with Crippen molar-refractivity contribution >= 4 is 0 Å². The summed E-state index contributed by atoms with van der Waals surface area (Å²) in [6, 6.07) is 9.63. The molecule has 0 aromatic heterocycles. The van der Waals surface area contributed by atoms with Crippen molar-refractivity contribution in [1.82, 2.24) is 5.32 Å². The molecule has 1 aromatic rings. The zero-order chi connectivity index (χ0) is 14.4. The molecular formula is C18H29NO. The minimum absolute atomic E-state index is 0.461. The quantitative estimate of drug-likeness (QED) is 0.808. The van der Waals surface area contributed by atoms with E-state index >= 15 is 0 Å². The zero-order valence-electron chi connectivity index (χ0n) is 13.2. The number of nitrogens with one attached hydrogen (secondary N) is 1. The van der Waals surface area contributed by atoms with E-state index in [1.165, 1.54) is 43.2 Å². The molecule has 1 aliphatic rings. The first-order chi connectivity index (χ1) is 9.75. The lowest BCUT2D eigenvalue weighted by molar-refractivity contribution is 0.195. The van der Waals surface area contributed by atoms with Crippen molar-refractivity contribution in [2.45, 2.75) is 51.5 Å². The van der Waals surface area contributed by atoms with Crippen molar-refractivity contribution in [3.05, 3.63) is 35.4 Å². The van der Waals surface area contributed by atoms with Gasteiger partial charge in [-0.25, -0.2) is 0 Å². The molecule has 0 saturated heterocycles. The fourth-order valence-corrected chi connectivity index (χ4v) is 3.85. The van der Waals surface area contributed by atoms with E-state index in [4.69, 9.17) is 4.74 Å². The van der Waals surface area contributed by atoms with Gasteiger partial charge in [-0.15, -0.1) is 0 Å². The summed E-state index contributed by atoms with van der Waals surface area (Å²) in [5, 5.41) is 3.59. The summed E-state index contributed by atoms with van der Waals surface area (Å²) in [5.74, 6) is 0. The van der Waals surface area contributed by atoms with Crippen molar-refractivity contribution in [3.8, 4) is 0 Å². The molecule has 0 bridgehead atoms. The lowest BCUT2D eigenvalue weighted by Crippen LogP contribution is -2.34.